The predicted molar refractivity (Wildman–Crippen MR) is 117 cm³/mol. The number of carbonyl (C=O) groups is 1. The lowest BCUT2D eigenvalue weighted by Crippen LogP contribution is -2.18. The maximum absolute atomic E-state index is 12.7. The molecule has 4 rings (SSSR count). The number of aromatic nitrogens is 1. The molecular weight excluding hydrogens is 378 g/mol. The van der Waals surface area contributed by atoms with Gasteiger partial charge in [0.2, 0.25) is 0 Å². The van der Waals surface area contributed by atoms with Gasteiger partial charge in [-0.1, -0.05) is 42.5 Å². The SMILES string of the molecule is CN(Cc1ccccc1)Cc1cccc(C(=O)Nc2ccc3c(c2)oc(=O)n3C)c1. The zero-order valence-electron chi connectivity index (χ0n) is 17.0. The molecule has 6 heteroatoms. The number of anilines is 1. The second kappa shape index (κ2) is 8.39. The first-order valence-electron chi connectivity index (χ1n) is 9.72. The fourth-order valence-electron chi connectivity index (χ4n) is 3.49. The Kier molecular flexibility index (Phi) is 5.50. The Bertz CT molecular complexity index is 1240. The fourth-order valence-corrected chi connectivity index (χ4v) is 3.49. The highest BCUT2D eigenvalue weighted by molar-refractivity contribution is 6.05. The van der Waals surface area contributed by atoms with Crippen LogP contribution in [0.3, 0.4) is 0 Å². The van der Waals surface area contributed by atoms with Crippen LogP contribution in [-0.4, -0.2) is 22.4 Å². The molecule has 0 aliphatic rings. The van der Waals surface area contributed by atoms with Crippen molar-refractivity contribution in [1.82, 2.24) is 9.47 Å². The summed E-state index contributed by atoms with van der Waals surface area (Å²) in [6.45, 7) is 1.57. The van der Waals surface area contributed by atoms with Gasteiger partial charge in [-0.2, -0.15) is 0 Å². The lowest BCUT2D eigenvalue weighted by molar-refractivity contribution is 0.102. The number of fused-ring (bicyclic) bond motifs is 1. The normalized spacial score (nSPS) is 11.2. The molecule has 3 aromatic carbocycles. The molecule has 30 heavy (non-hydrogen) atoms. The van der Waals surface area contributed by atoms with Gasteiger partial charge in [-0.3, -0.25) is 14.3 Å². The third-order valence-corrected chi connectivity index (χ3v) is 4.99. The number of nitrogens with zero attached hydrogens (tertiary/aromatic N) is 2. The minimum absolute atomic E-state index is 0.208. The molecule has 0 unspecified atom stereocenters. The van der Waals surface area contributed by atoms with Crippen LogP contribution < -0.4 is 11.1 Å². The monoisotopic (exact) mass is 401 g/mol. The second-order valence-corrected chi connectivity index (χ2v) is 7.42. The summed E-state index contributed by atoms with van der Waals surface area (Å²) in [4.78, 5) is 26.6. The van der Waals surface area contributed by atoms with E-state index in [0.717, 1.165) is 18.7 Å². The standard InChI is InChI=1S/C24H23N3O3/c1-26(15-17-7-4-3-5-8-17)16-18-9-6-10-19(13-18)23(28)25-20-11-12-21-22(14-20)30-24(29)27(21)2/h3-14H,15-16H2,1-2H3,(H,25,28). The van der Waals surface area contributed by atoms with E-state index in [1.807, 2.05) is 36.4 Å². The smallest absolute Gasteiger partial charge is 0.408 e. The molecular formula is C24H23N3O3. The highest BCUT2D eigenvalue weighted by atomic mass is 16.4. The third kappa shape index (κ3) is 4.34. The van der Waals surface area contributed by atoms with Gasteiger partial charge < -0.3 is 9.73 Å². The van der Waals surface area contributed by atoms with E-state index in [2.05, 4.69) is 29.4 Å². The van der Waals surface area contributed by atoms with Crippen LogP contribution in [0.15, 0.2) is 82.0 Å². The number of hydrogen-bond donors (Lipinski definition) is 1. The first kappa shape index (κ1) is 19.7. The maximum atomic E-state index is 12.7. The molecule has 6 nitrogen and oxygen atoms in total. The molecule has 0 radical (unpaired) electrons. The van der Waals surface area contributed by atoms with Crippen LogP contribution in [0.25, 0.3) is 11.1 Å². The van der Waals surface area contributed by atoms with Gasteiger partial charge >= 0.3 is 5.76 Å². The van der Waals surface area contributed by atoms with Crippen LogP contribution in [0.5, 0.6) is 0 Å². The van der Waals surface area contributed by atoms with Gasteiger partial charge in [0.25, 0.3) is 5.91 Å². The zero-order valence-corrected chi connectivity index (χ0v) is 17.0. The highest BCUT2D eigenvalue weighted by Gasteiger charge is 2.11. The number of aryl methyl sites for hydroxylation is 1. The molecule has 1 heterocycles. The zero-order chi connectivity index (χ0) is 21.1. The van der Waals surface area contributed by atoms with Crippen molar-refractivity contribution in [3.63, 3.8) is 0 Å². The van der Waals surface area contributed by atoms with E-state index in [9.17, 15) is 9.59 Å². The summed E-state index contributed by atoms with van der Waals surface area (Å²) in [5, 5.41) is 2.88. The summed E-state index contributed by atoms with van der Waals surface area (Å²) in [6.07, 6.45) is 0. The van der Waals surface area contributed by atoms with Crippen molar-refractivity contribution in [3.8, 4) is 0 Å². The quantitative estimate of drug-likeness (QED) is 0.530. The molecule has 0 saturated heterocycles. The summed E-state index contributed by atoms with van der Waals surface area (Å²) in [5.41, 5.74) is 4.59. The molecule has 1 aromatic heterocycles. The Morgan fingerprint density at radius 1 is 0.967 bits per heavy atom. The molecule has 0 saturated carbocycles. The molecule has 0 fully saturated rings. The number of carbonyl (C=O) groups excluding carboxylic acids is 1. The highest BCUT2D eigenvalue weighted by Crippen LogP contribution is 2.19. The first-order chi connectivity index (χ1) is 14.5. The number of oxazole rings is 1. The van der Waals surface area contributed by atoms with Gasteiger partial charge in [0, 0.05) is 37.5 Å². The minimum atomic E-state index is -0.430. The molecule has 0 spiro atoms. The number of benzene rings is 3. The van der Waals surface area contributed by atoms with Crippen LogP contribution in [0, 0.1) is 0 Å². The molecule has 1 amide bonds. The Morgan fingerprint density at radius 2 is 1.70 bits per heavy atom. The molecule has 152 valence electrons. The minimum Gasteiger partial charge on any atom is -0.408 e. The molecule has 0 bridgehead atoms. The van der Waals surface area contributed by atoms with E-state index >= 15 is 0 Å². The van der Waals surface area contributed by atoms with Gasteiger partial charge in [0.05, 0.1) is 5.52 Å². The average molecular weight is 401 g/mol. The van der Waals surface area contributed by atoms with E-state index in [0.29, 0.717) is 22.4 Å². The van der Waals surface area contributed by atoms with Gasteiger partial charge in [0.15, 0.2) is 5.58 Å². The maximum Gasteiger partial charge on any atom is 0.419 e. The van der Waals surface area contributed by atoms with Crippen molar-refractivity contribution in [1.29, 1.82) is 0 Å². The summed E-state index contributed by atoms with van der Waals surface area (Å²) in [7, 11) is 3.70. The Balaban J connectivity index is 1.45. The Morgan fingerprint density at radius 3 is 2.50 bits per heavy atom. The summed E-state index contributed by atoms with van der Waals surface area (Å²) >= 11 is 0. The predicted octanol–water partition coefficient (Wildman–Crippen LogP) is 4.02. The summed E-state index contributed by atoms with van der Waals surface area (Å²) in [6, 6.07) is 23.0. The van der Waals surface area contributed by atoms with Crippen molar-refractivity contribution < 1.29 is 9.21 Å². The van der Waals surface area contributed by atoms with Crippen molar-refractivity contribution in [2.24, 2.45) is 7.05 Å². The van der Waals surface area contributed by atoms with Crippen LogP contribution >= 0.6 is 0 Å². The largest absolute Gasteiger partial charge is 0.419 e. The third-order valence-electron chi connectivity index (χ3n) is 4.99. The van der Waals surface area contributed by atoms with Crippen molar-refractivity contribution in [2.75, 3.05) is 12.4 Å². The Labute approximate surface area is 174 Å². The lowest BCUT2D eigenvalue weighted by Gasteiger charge is -2.17. The summed E-state index contributed by atoms with van der Waals surface area (Å²) < 4.78 is 6.62. The van der Waals surface area contributed by atoms with Crippen LogP contribution in [-0.2, 0) is 20.1 Å². The molecule has 0 atom stereocenters. The van der Waals surface area contributed by atoms with E-state index in [4.69, 9.17) is 4.42 Å². The second-order valence-electron chi connectivity index (χ2n) is 7.42. The number of nitrogens with one attached hydrogen (secondary N) is 1. The molecule has 0 aliphatic carbocycles. The van der Waals surface area contributed by atoms with Crippen molar-refractivity contribution >= 4 is 22.7 Å². The van der Waals surface area contributed by atoms with E-state index in [1.54, 1.807) is 31.3 Å². The molecule has 4 aromatic rings. The van der Waals surface area contributed by atoms with Gasteiger partial charge in [-0.15, -0.1) is 0 Å². The van der Waals surface area contributed by atoms with Crippen LogP contribution in [0.1, 0.15) is 21.5 Å². The van der Waals surface area contributed by atoms with E-state index in [1.165, 1.54) is 10.1 Å². The topological polar surface area (TPSA) is 67.5 Å². The van der Waals surface area contributed by atoms with Gasteiger partial charge in [0.1, 0.15) is 0 Å². The van der Waals surface area contributed by atoms with E-state index in [-0.39, 0.29) is 5.91 Å². The Hall–Kier alpha value is -3.64. The van der Waals surface area contributed by atoms with Crippen molar-refractivity contribution in [2.45, 2.75) is 13.1 Å². The van der Waals surface area contributed by atoms with Crippen molar-refractivity contribution in [3.05, 3.63) is 100 Å². The first-order valence-corrected chi connectivity index (χ1v) is 9.72. The fraction of sp³-hybridized carbons (Fsp3) is 0.167. The summed E-state index contributed by atoms with van der Waals surface area (Å²) in [5.74, 6) is -0.638. The van der Waals surface area contributed by atoms with E-state index < -0.39 is 5.76 Å². The number of hydrogen-bond acceptors (Lipinski definition) is 4. The average Bonchev–Trinajstić information content (AvgIpc) is 3.02. The molecule has 0 aliphatic heterocycles. The van der Waals surface area contributed by atoms with Gasteiger partial charge in [-0.05, 0) is 42.4 Å². The van der Waals surface area contributed by atoms with Crippen LogP contribution in [0.4, 0.5) is 5.69 Å². The lowest BCUT2D eigenvalue weighted by atomic mass is 10.1. The van der Waals surface area contributed by atoms with Gasteiger partial charge in [-0.25, -0.2) is 4.79 Å². The molecule has 1 N–H and O–H groups in total. The van der Waals surface area contributed by atoms with Crippen LogP contribution in [0.2, 0.25) is 0 Å². The number of rotatable bonds is 6. The number of amides is 1.